The summed E-state index contributed by atoms with van der Waals surface area (Å²) in [5.74, 6) is 0.548. The third-order valence-corrected chi connectivity index (χ3v) is 6.44. The highest BCUT2D eigenvalue weighted by Crippen LogP contribution is 2.25. The lowest BCUT2D eigenvalue weighted by atomic mass is 9.93. The number of rotatable bonds is 7. The topological polar surface area (TPSA) is 40.6 Å². The van der Waals surface area contributed by atoms with Crippen LogP contribution >= 0.6 is 0 Å². The van der Waals surface area contributed by atoms with Gasteiger partial charge in [-0.1, -0.05) is 45.4 Å². The fourth-order valence-electron chi connectivity index (χ4n) is 4.53. The van der Waals surface area contributed by atoms with E-state index in [1.54, 1.807) is 0 Å². The van der Waals surface area contributed by atoms with Gasteiger partial charge in [0.1, 0.15) is 0 Å². The molecule has 4 nitrogen and oxygen atoms in total. The number of carbonyl (C=O) groups excluding carboxylic acids is 2. The van der Waals surface area contributed by atoms with Crippen LogP contribution in [0, 0.1) is 5.92 Å². The molecule has 2 saturated carbocycles. The molecule has 2 fully saturated rings. The van der Waals surface area contributed by atoms with Gasteiger partial charge < -0.3 is 9.80 Å². The highest BCUT2D eigenvalue weighted by Gasteiger charge is 2.26. The molecule has 2 aliphatic rings. The molecule has 0 radical (unpaired) electrons. The van der Waals surface area contributed by atoms with Crippen LogP contribution in [0.5, 0.6) is 0 Å². The molecule has 0 spiro atoms. The van der Waals surface area contributed by atoms with Crippen LogP contribution < -0.4 is 0 Å². The zero-order chi connectivity index (χ0) is 18.2. The van der Waals surface area contributed by atoms with E-state index in [0.717, 1.165) is 38.5 Å². The molecule has 0 aromatic carbocycles. The van der Waals surface area contributed by atoms with Crippen LogP contribution in [0.15, 0.2) is 0 Å². The van der Waals surface area contributed by atoms with Gasteiger partial charge in [-0.05, 0) is 38.5 Å². The molecule has 0 N–H and O–H groups in total. The van der Waals surface area contributed by atoms with Crippen molar-refractivity contribution in [3.8, 4) is 0 Å². The van der Waals surface area contributed by atoms with Crippen LogP contribution in [0.4, 0.5) is 0 Å². The Bertz CT molecular complexity index is 426. The van der Waals surface area contributed by atoms with Crippen molar-refractivity contribution in [2.45, 2.75) is 102 Å². The van der Waals surface area contributed by atoms with Crippen molar-refractivity contribution in [2.24, 2.45) is 5.92 Å². The van der Waals surface area contributed by atoms with Gasteiger partial charge in [0.15, 0.2) is 0 Å². The first kappa shape index (κ1) is 20.3. The molecule has 1 unspecified atom stereocenters. The lowest BCUT2D eigenvalue weighted by Gasteiger charge is -2.33. The fraction of sp³-hybridized carbons (Fsp3) is 0.905. The van der Waals surface area contributed by atoms with Gasteiger partial charge in [0, 0.05) is 38.5 Å². The molecule has 0 heterocycles. The summed E-state index contributed by atoms with van der Waals surface area (Å²) in [5.41, 5.74) is 0. The van der Waals surface area contributed by atoms with E-state index in [4.69, 9.17) is 0 Å². The largest absolute Gasteiger partial charge is 0.343 e. The highest BCUT2D eigenvalue weighted by atomic mass is 16.2. The van der Waals surface area contributed by atoms with E-state index in [1.807, 2.05) is 30.8 Å². The molecule has 0 aromatic rings. The van der Waals surface area contributed by atoms with Crippen LogP contribution in [0.3, 0.4) is 0 Å². The van der Waals surface area contributed by atoms with Gasteiger partial charge in [0.2, 0.25) is 11.8 Å². The smallest absolute Gasteiger partial charge is 0.225 e. The minimum Gasteiger partial charge on any atom is -0.343 e. The molecule has 2 aliphatic carbocycles. The molecule has 25 heavy (non-hydrogen) atoms. The Morgan fingerprint density at radius 3 is 1.84 bits per heavy atom. The Morgan fingerprint density at radius 1 is 0.840 bits per heavy atom. The number of carbonyl (C=O) groups is 2. The first-order valence-electron chi connectivity index (χ1n) is 10.5. The normalized spacial score (nSPS) is 20.9. The quantitative estimate of drug-likeness (QED) is 0.684. The molecule has 2 amide bonds. The second kappa shape index (κ2) is 10.2. The Hall–Kier alpha value is -1.06. The SMILES string of the molecule is CC(CCCC(=O)N(C)C1CCCCC1)C(=O)N(C)C1CCCCC1. The summed E-state index contributed by atoms with van der Waals surface area (Å²) >= 11 is 0. The van der Waals surface area contributed by atoms with Gasteiger partial charge >= 0.3 is 0 Å². The van der Waals surface area contributed by atoms with Crippen LogP contribution in [0.1, 0.15) is 90.4 Å². The molecular formula is C21H38N2O2. The zero-order valence-corrected chi connectivity index (χ0v) is 16.6. The summed E-state index contributed by atoms with van der Waals surface area (Å²) in [4.78, 5) is 29.0. The third-order valence-electron chi connectivity index (χ3n) is 6.44. The molecule has 0 bridgehead atoms. The molecule has 2 rings (SSSR count). The van der Waals surface area contributed by atoms with Gasteiger partial charge in [0.05, 0.1) is 0 Å². The Kier molecular flexibility index (Phi) is 8.25. The summed E-state index contributed by atoms with van der Waals surface area (Å²) < 4.78 is 0. The van der Waals surface area contributed by atoms with Crippen molar-refractivity contribution in [3.05, 3.63) is 0 Å². The Balaban J connectivity index is 1.68. The van der Waals surface area contributed by atoms with Crippen molar-refractivity contribution in [2.75, 3.05) is 14.1 Å². The standard InChI is InChI=1S/C21H38N2O2/c1-17(21(25)23(3)19-14-8-5-9-15-19)11-10-16-20(24)22(2)18-12-6-4-7-13-18/h17-19H,4-16H2,1-3H3. The highest BCUT2D eigenvalue weighted by molar-refractivity contribution is 5.79. The molecular weight excluding hydrogens is 312 g/mol. The minimum absolute atomic E-state index is 0.0275. The van der Waals surface area contributed by atoms with E-state index in [-0.39, 0.29) is 17.7 Å². The maximum absolute atomic E-state index is 12.6. The maximum atomic E-state index is 12.6. The lowest BCUT2D eigenvalue weighted by Crippen LogP contribution is -2.41. The molecule has 0 aromatic heterocycles. The van der Waals surface area contributed by atoms with Crippen molar-refractivity contribution in [1.82, 2.24) is 9.80 Å². The number of amides is 2. The summed E-state index contributed by atoms with van der Waals surface area (Å²) in [6, 6.07) is 0.875. The summed E-state index contributed by atoms with van der Waals surface area (Å²) in [6.07, 6.45) is 14.5. The summed E-state index contributed by atoms with van der Waals surface area (Å²) in [6.45, 7) is 2.02. The van der Waals surface area contributed by atoms with Crippen molar-refractivity contribution in [3.63, 3.8) is 0 Å². The second-order valence-corrected chi connectivity index (χ2v) is 8.33. The Labute approximate surface area is 154 Å². The predicted molar refractivity (Wildman–Crippen MR) is 102 cm³/mol. The van der Waals surface area contributed by atoms with E-state index in [9.17, 15) is 9.59 Å². The monoisotopic (exact) mass is 350 g/mol. The summed E-state index contributed by atoms with van der Waals surface area (Å²) in [7, 11) is 3.93. The van der Waals surface area contributed by atoms with Crippen LogP contribution in [-0.4, -0.2) is 47.8 Å². The molecule has 144 valence electrons. The van der Waals surface area contributed by atoms with Gasteiger partial charge in [0.25, 0.3) is 0 Å². The average molecular weight is 351 g/mol. The van der Waals surface area contributed by atoms with E-state index < -0.39 is 0 Å². The van der Waals surface area contributed by atoms with Gasteiger partial charge in [-0.3, -0.25) is 9.59 Å². The molecule has 0 aliphatic heterocycles. The second-order valence-electron chi connectivity index (χ2n) is 8.33. The van der Waals surface area contributed by atoms with Gasteiger partial charge in [-0.2, -0.15) is 0 Å². The van der Waals surface area contributed by atoms with Crippen LogP contribution in [0.25, 0.3) is 0 Å². The van der Waals surface area contributed by atoms with E-state index >= 15 is 0 Å². The zero-order valence-electron chi connectivity index (χ0n) is 16.6. The van der Waals surface area contributed by atoms with Crippen molar-refractivity contribution < 1.29 is 9.59 Å². The van der Waals surface area contributed by atoms with E-state index in [0.29, 0.717) is 18.5 Å². The third kappa shape index (κ3) is 6.00. The minimum atomic E-state index is 0.0275. The summed E-state index contributed by atoms with van der Waals surface area (Å²) in [5, 5.41) is 0. The Morgan fingerprint density at radius 2 is 1.32 bits per heavy atom. The van der Waals surface area contributed by atoms with Crippen molar-refractivity contribution in [1.29, 1.82) is 0 Å². The van der Waals surface area contributed by atoms with E-state index in [1.165, 1.54) is 38.5 Å². The van der Waals surface area contributed by atoms with Crippen LogP contribution in [-0.2, 0) is 9.59 Å². The molecule has 1 atom stereocenters. The number of nitrogens with zero attached hydrogens (tertiary/aromatic N) is 2. The predicted octanol–water partition coefficient (Wildman–Crippen LogP) is 4.38. The number of hydrogen-bond donors (Lipinski definition) is 0. The average Bonchev–Trinajstić information content (AvgIpc) is 2.67. The first-order chi connectivity index (χ1) is 12.0. The van der Waals surface area contributed by atoms with Gasteiger partial charge in [-0.25, -0.2) is 0 Å². The van der Waals surface area contributed by atoms with Crippen LogP contribution in [0.2, 0.25) is 0 Å². The van der Waals surface area contributed by atoms with Crippen molar-refractivity contribution >= 4 is 11.8 Å². The number of hydrogen-bond acceptors (Lipinski definition) is 2. The first-order valence-corrected chi connectivity index (χ1v) is 10.5. The van der Waals surface area contributed by atoms with Gasteiger partial charge in [-0.15, -0.1) is 0 Å². The van der Waals surface area contributed by atoms with E-state index in [2.05, 4.69) is 0 Å². The lowest BCUT2D eigenvalue weighted by molar-refractivity contribution is -0.137. The molecule has 0 saturated heterocycles. The fourth-order valence-corrected chi connectivity index (χ4v) is 4.53. The molecule has 4 heteroatoms. The maximum Gasteiger partial charge on any atom is 0.225 e.